The van der Waals surface area contributed by atoms with E-state index in [1.165, 1.54) is 30.9 Å². The summed E-state index contributed by atoms with van der Waals surface area (Å²) in [6.45, 7) is 0. The molecule has 1 N–H and O–H groups in total. The van der Waals surface area contributed by atoms with E-state index < -0.39 is 5.56 Å². The summed E-state index contributed by atoms with van der Waals surface area (Å²) in [6.07, 6.45) is 5.76. The molecule has 112 valence electrons. The molecule has 0 amide bonds. The molecule has 6 nitrogen and oxygen atoms in total. The van der Waals surface area contributed by atoms with Crippen LogP contribution in [-0.2, 0) is 14.1 Å². The minimum absolute atomic E-state index is 0.278. The van der Waals surface area contributed by atoms with Gasteiger partial charge in [0.15, 0.2) is 0 Å². The smallest absolute Gasteiger partial charge is 0.329 e. The Bertz CT molecular complexity index is 871. The number of hydrogen-bond acceptors (Lipinski definition) is 4. The number of aryl methyl sites for hydroxylation is 1. The summed E-state index contributed by atoms with van der Waals surface area (Å²) in [7, 11) is 3.09. The Kier molecular flexibility index (Phi) is 3.52. The van der Waals surface area contributed by atoms with Crippen molar-refractivity contribution in [1.82, 2.24) is 19.1 Å². The molecule has 2 aromatic rings. The Hall–Kier alpha value is -1.76. The normalized spacial score (nSPS) is 16.5. The van der Waals surface area contributed by atoms with E-state index in [2.05, 4.69) is 9.97 Å². The molecule has 0 saturated heterocycles. The van der Waals surface area contributed by atoms with E-state index in [9.17, 15) is 9.59 Å². The lowest BCUT2D eigenvalue weighted by atomic mass is 9.89. The lowest BCUT2D eigenvalue weighted by Crippen LogP contribution is -2.37. The van der Waals surface area contributed by atoms with E-state index in [1.807, 2.05) is 0 Å². The van der Waals surface area contributed by atoms with Crippen LogP contribution in [0.25, 0.3) is 11.0 Å². The molecule has 1 saturated carbocycles. The van der Waals surface area contributed by atoms with Crippen molar-refractivity contribution in [3.63, 3.8) is 0 Å². The molecule has 0 aliphatic heterocycles. The van der Waals surface area contributed by atoms with Crippen molar-refractivity contribution in [3.05, 3.63) is 31.3 Å². The molecule has 1 aliphatic carbocycles. The van der Waals surface area contributed by atoms with Crippen LogP contribution in [0, 0.1) is 4.64 Å². The van der Waals surface area contributed by atoms with Gasteiger partial charge in [0, 0.05) is 20.0 Å². The highest BCUT2D eigenvalue weighted by Gasteiger charge is 2.20. The van der Waals surface area contributed by atoms with Gasteiger partial charge in [-0.3, -0.25) is 13.9 Å². The molecule has 7 heteroatoms. The van der Waals surface area contributed by atoms with Gasteiger partial charge < -0.3 is 4.98 Å². The number of rotatable bonds is 1. The number of nitrogens with zero attached hydrogens (tertiary/aromatic N) is 3. The van der Waals surface area contributed by atoms with Crippen LogP contribution in [0.5, 0.6) is 0 Å². The van der Waals surface area contributed by atoms with Gasteiger partial charge in [-0.2, -0.15) is 0 Å². The second-order valence-corrected chi connectivity index (χ2v) is 6.08. The molecule has 1 aliphatic rings. The van der Waals surface area contributed by atoms with Crippen LogP contribution in [0.3, 0.4) is 0 Å². The molecular formula is C14H18N4O2S. The molecule has 2 aromatic heterocycles. The molecule has 3 rings (SSSR count). The van der Waals surface area contributed by atoms with Crippen molar-refractivity contribution >= 4 is 23.3 Å². The first-order valence-corrected chi connectivity index (χ1v) is 7.61. The van der Waals surface area contributed by atoms with Crippen LogP contribution < -0.4 is 11.2 Å². The average molecular weight is 306 g/mol. The number of H-pyrrole nitrogens is 1. The van der Waals surface area contributed by atoms with E-state index in [0.717, 1.165) is 23.2 Å². The van der Waals surface area contributed by atoms with E-state index >= 15 is 0 Å². The molecular weight excluding hydrogens is 288 g/mol. The predicted octanol–water partition coefficient (Wildman–Crippen LogP) is 1.74. The summed E-state index contributed by atoms with van der Waals surface area (Å²) in [5.41, 5.74) is -0.278. The highest BCUT2D eigenvalue weighted by atomic mass is 32.1. The average Bonchev–Trinajstić information content (AvgIpc) is 2.51. The van der Waals surface area contributed by atoms with Crippen molar-refractivity contribution in [3.8, 4) is 0 Å². The van der Waals surface area contributed by atoms with E-state index in [0.29, 0.717) is 17.0 Å². The SMILES string of the molecule is Cn1c(=O)c2c(=S)nc(C3CCCCC3)[nH]c2n(C)c1=O. The first-order chi connectivity index (χ1) is 10.0. The molecule has 0 radical (unpaired) electrons. The summed E-state index contributed by atoms with van der Waals surface area (Å²) in [5.74, 6) is 1.14. The van der Waals surface area contributed by atoms with Crippen LogP contribution >= 0.6 is 12.2 Å². The maximum Gasteiger partial charge on any atom is 0.332 e. The van der Waals surface area contributed by atoms with Crippen molar-refractivity contribution < 1.29 is 0 Å². The first-order valence-electron chi connectivity index (χ1n) is 7.20. The van der Waals surface area contributed by atoms with Crippen LogP contribution in [0.1, 0.15) is 43.8 Å². The number of fused-ring (bicyclic) bond motifs is 1. The third-order valence-corrected chi connectivity index (χ3v) is 4.63. The molecule has 0 spiro atoms. The number of aromatic nitrogens is 4. The molecule has 0 aromatic carbocycles. The Morgan fingerprint density at radius 2 is 1.81 bits per heavy atom. The van der Waals surface area contributed by atoms with Crippen molar-refractivity contribution in [1.29, 1.82) is 0 Å². The lowest BCUT2D eigenvalue weighted by molar-refractivity contribution is 0.429. The third kappa shape index (κ3) is 2.25. The molecule has 0 unspecified atom stereocenters. The Morgan fingerprint density at radius 1 is 1.14 bits per heavy atom. The minimum atomic E-state index is -0.392. The summed E-state index contributed by atoms with van der Waals surface area (Å²) in [4.78, 5) is 31.9. The number of hydrogen-bond donors (Lipinski definition) is 1. The zero-order valence-corrected chi connectivity index (χ0v) is 13.0. The zero-order valence-electron chi connectivity index (χ0n) is 12.2. The molecule has 2 heterocycles. The Morgan fingerprint density at radius 3 is 2.48 bits per heavy atom. The van der Waals surface area contributed by atoms with Crippen LogP contribution in [0.15, 0.2) is 9.59 Å². The number of aromatic amines is 1. The fourth-order valence-corrected chi connectivity index (χ4v) is 3.35. The fraction of sp³-hybridized carbons (Fsp3) is 0.571. The van der Waals surface area contributed by atoms with E-state index in [-0.39, 0.29) is 10.3 Å². The maximum absolute atomic E-state index is 12.2. The largest absolute Gasteiger partial charge is 0.332 e. The Labute approximate surface area is 126 Å². The van der Waals surface area contributed by atoms with E-state index in [1.54, 1.807) is 7.05 Å². The van der Waals surface area contributed by atoms with Crippen LogP contribution in [0.4, 0.5) is 0 Å². The van der Waals surface area contributed by atoms with Gasteiger partial charge in [0.05, 0.1) is 0 Å². The predicted molar refractivity (Wildman–Crippen MR) is 83.2 cm³/mol. The molecule has 0 bridgehead atoms. The Balaban J connectivity index is 2.32. The quantitative estimate of drug-likeness (QED) is 0.815. The lowest BCUT2D eigenvalue weighted by Gasteiger charge is -2.21. The maximum atomic E-state index is 12.2. The molecule has 1 fully saturated rings. The summed E-state index contributed by atoms with van der Waals surface area (Å²) < 4.78 is 2.77. The highest BCUT2D eigenvalue weighted by molar-refractivity contribution is 7.71. The van der Waals surface area contributed by atoms with Gasteiger partial charge in [0.25, 0.3) is 5.56 Å². The second kappa shape index (κ2) is 5.22. The third-order valence-electron chi connectivity index (χ3n) is 4.34. The topological polar surface area (TPSA) is 72.7 Å². The van der Waals surface area contributed by atoms with Crippen molar-refractivity contribution in [2.75, 3.05) is 0 Å². The highest BCUT2D eigenvalue weighted by Crippen LogP contribution is 2.30. The summed E-state index contributed by atoms with van der Waals surface area (Å²) in [5, 5.41) is 0.314. The van der Waals surface area contributed by atoms with Gasteiger partial charge in [-0.05, 0) is 12.8 Å². The minimum Gasteiger partial charge on any atom is -0.329 e. The monoisotopic (exact) mass is 306 g/mol. The van der Waals surface area contributed by atoms with Crippen molar-refractivity contribution in [2.45, 2.75) is 38.0 Å². The fourth-order valence-electron chi connectivity index (χ4n) is 3.07. The first kappa shape index (κ1) is 14.2. The van der Waals surface area contributed by atoms with Gasteiger partial charge >= 0.3 is 5.69 Å². The van der Waals surface area contributed by atoms with Gasteiger partial charge in [-0.1, -0.05) is 31.5 Å². The van der Waals surface area contributed by atoms with E-state index in [4.69, 9.17) is 12.2 Å². The van der Waals surface area contributed by atoms with Gasteiger partial charge in [0.2, 0.25) is 0 Å². The van der Waals surface area contributed by atoms with Crippen molar-refractivity contribution in [2.24, 2.45) is 14.1 Å². The van der Waals surface area contributed by atoms with Gasteiger partial charge in [0.1, 0.15) is 21.5 Å². The molecule has 0 atom stereocenters. The standard InChI is InChI=1S/C14H18N4O2S/c1-17-11-9(13(19)18(2)14(17)20)12(21)16-10(15-11)8-6-4-3-5-7-8/h8H,3-7H2,1-2H3,(H,15,16,21). The summed E-state index contributed by atoms with van der Waals surface area (Å²) in [6, 6.07) is 0. The second-order valence-electron chi connectivity index (χ2n) is 5.69. The molecule has 21 heavy (non-hydrogen) atoms. The van der Waals surface area contributed by atoms with Crippen LogP contribution in [-0.4, -0.2) is 19.1 Å². The van der Waals surface area contributed by atoms with Gasteiger partial charge in [-0.25, -0.2) is 9.78 Å². The van der Waals surface area contributed by atoms with Crippen LogP contribution in [0.2, 0.25) is 0 Å². The zero-order chi connectivity index (χ0) is 15.1. The number of nitrogens with one attached hydrogen (secondary N) is 1. The summed E-state index contributed by atoms with van der Waals surface area (Å²) >= 11 is 5.30. The van der Waals surface area contributed by atoms with Gasteiger partial charge in [-0.15, -0.1) is 0 Å².